The first-order valence-corrected chi connectivity index (χ1v) is 8.10. The van der Waals surface area contributed by atoms with E-state index in [1.165, 1.54) is 4.70 Å². The molecule has 1 N–H and O–H groups in total. The highest BCUT2D eigenvalue weighted by Crippen LogP contribution is 2.24. The molecule has 0 bridgehead atoms. The van der Waals surface area contributed by atoms with Gasteiger partial charge in [0.05, 0.1) is 16.6 Å². The van der Waals surface area contributed by atoms with Gasteiger partial charge >= 0.3 is 0 Å². The van der Waals surface area contributed by atoms with Gasteiger partial charge in [0.15, 0.2) is 4.77 Å². The van der Waals surface area contributed by atoms with Crippen molar-refractivity contribution in [2.45, 2.75) is 6.42 Å². The normalized spacial score (nSPS) is 11.1. The van der Waals surface area contributed by atoms with Gasteiger partial charge in [0.1, 0.15) is 10.8 Å². The molecule has 4 nitrogen and oxygen atoms in total. The van der Waals surface area contributed by atoms with Crippen molar-refractivity contribution < 1.29 is 0 Å². The summed E-state index contributed by atoms with van der Waals surface area (Å²) in [5, 5.41) is 8.29. The predicted octanol–water partition coefficient (Wildman–Crippen LogP) is 4.13. The van der Waals surface area contributed by atoms with Crippen LogP contribution in [0, 0.1) is 4.77 Å². The van der Waals surface area contributed by atoms with Gasteiger partial charge < -0.3 is 0 Å². The maximum absolute atomic E-state index is 5.36. The van der Waals surface area contributed by atoms with Crippen molar-refractivity contribution in [3.05, 3.63) is 70.2 Å². The van der Waals surface area contributed by atoms with E-state index >= 15 is 0 Å². The minimum absolute atomic E-state index is 0.599. The number of thiazole rings is 1. The Bertz CT molecular complexity index is 949. The monoisotopic (exact) mass is 324 g/mol. The van der Waals surface area contributed by atoms with E-state index in [4.69, 9.17) is 12.2 Å². The fraction of sp³-hybridized carbons (Fsp3) is 0.0625. The van der Waals surface area contributed by atoms with Crippen LogP contribution in [0.3, 0.4) is 0 Å². The number of H-pyrrole nitrogens is 1. The van der Waals surface area contributed by atoms with Crippen LogP contribution in [0.2, 0.25) is 0 Å². The minimum atomic E-state index is 0.599. The van der Waals surface area contributed by atoms with Gasteiger partial charge in [-0.25, -0.2) is 4.98 Å². The second kappa shape index (κ2) is 5.47. The third kappa shape index (κ3) is 2.36. The van der Waals surface area contributed by atoms with Crippen LogP contribution in [-0.4, -0.2) is 19.7 Å². The number of hydrogen-bond donors (Lipinski definition) is 1. The lowest BCUT2D eigenvalue weighted by Crippen LogP contribution is -2.02. The Morgan fingerprint density at radius 3 is 2.64 bits per heavy atom. The van der Waals surface area contributed by atoms with Crippen molar-refractivity contribution in [3.63, 3.8) is 0 Å². The van der Waals surface area contributed by atoms with Gasteiger partial charge in [0.2, 0.25) is 0 Å². The van der Waals surface area contributed by atoms with Crippen molar-refractivity contribution >= 4 is 33.8 Å². The Hall–Kier alpha value is -2.31. The van der Waals surface area contributed by atoms with E-state index in [9.17, 15) is 0 Å². The summed E-state index contributed by atoms with van der Waals surface area (Å²) in [4.78, 5) is 4.67. The first-order valence-electron chi connectivity index (χ1n) is 6.87. The van der Waals surface area contributed by atoms with Gasteiger partial charge in [-0.05, 0) is 36.5 Å². The summed E-state index contributed by atoms with van der Waals surface area (Å²) in [6, 6.07) is 18.2. The van der Waals surface area contributed by atoms with Crippen molar-refractivity contribution in [3.8, 4) is 5.69 Å². The number of fused-ring (bicyclic) bond motifs is 1. The van der Waals surface area contributed by atoms with Gasteiger partial charge in [-0.3, -0.25) is 9.67 Å². The Balaban J connectivity index is 1.76. The van der Waals surface area contributed by atoms with Crippen LogP contribution in [0.25, 0.3) is 15.9 Å². The quantitative estimate of drug-likeness (QED) is 0.576. The largest absolute Gasteiger partial charge is 0.272 e. The van der Waals surface area contributed by atoms with E-state index < -0.39 is 0 Å². The van der Waals surface area contributed by atoms with Gasteiger partial charge in [-0.1, -0.05) is 30.3 Å². The highest BCUT2D eigenvalue weighted by molar-refractivity contribution is 7.71. The van der Waals surface area contributed by atoms with E-state index in [0.717, 1.165) is 22.0 Å². The number of aromatic nitrogens is 4. The summed E-state index contributed by atoms with van der Waals surface area (Å²) in [5.41, 5.74) is 2.04. The van der Waals surface area contributed by atoms with Crippen LogP contribution in [0.15, 0.2) is 54.6 Å². The number of hydrogen-bond acceptors (Lipinski definition) is 4. The molecule has 0 amide bonds. The second-order valence-electron chi connectivity index (χ2n) is 4.87. The molecule has 4 aromatic rings. The van der Waals surface area contributed by atoms with E-state index in [1.807, 2.05) is 53.1 Å². The standard InChI is InChI=1S/C16H12N4S2/c21-16-19-18-14(20(16)11-6-2-1-3-7-11)10-15-17-12-8-4-5-9-13(12)22-15/h1-9H,10H2,(H,19,21). The van der Waals surface area contributed by atoms with Gasteiger partial charge in [0, 0.05) is 5.69 Å². The molecule has 2 heterocycles. The number of benzene rings is 2. The predicted molar refractivity (Wildman–Crippen MR) is 91.2 cm³/mol. The number of nitrogens with one attached hydrogen (secondary N) is 1. The Kier molecular flexibility index (Phi) is 3.32. The summed E-state index contributed by atoms with van der Waals surface area (Å²) < 4.78 is 3.75. The van der Waals surface area contributed by atoms with Gasteiger partial charge in [-0.15, -0.1) is 11.3 Å². The molecule has 0 fully saturated rings. The summed E-state index contributed by atoms with van der Waals surface area (Å²) in [6.45, 7) is 0. The lowest BCUT2D eigenvalue weighted by molar-refractivity contribution is 0.898. The summed E-state index contributed by atoms with van der Waals surface area (Å²) in [6.07, 6.45) is 0.654. The summed E-state index contributed by atoms with van der Waals surface area (Å²) >= 11 is 7.06. The summed E-state index contributed by atoms with van der Waals surface area (Å²) in [7, 11) is 0. The van der Waals surface area contributed by atoms with Crippen LogP contribution in [-0.2, 0) is 6.42 Å². The number of aromatic amines is 1. The fourth-order valence-corrected chi connectivity index (χ4v) is 3.64. The molecule has 2 aromatic carbocycles. The molecule has 0 radical (unpaired) electrons. The molecule has 6 heteroatoms. The molecule has 0 saturated heterocycles. The molecule has 0 spiro atoms. The number of rotatable bonds is 3. The molecular weight excluding hydrogens is 312 g/mol. The maximum atomic E-state index is 5.36. The van der Waals surface area contributed by atoms with Crippen LogP contribution in [0.1, 0.15) is 10.8 Å². The zero-order chi connectivity index (χ0) is 14.9. The summed E-state index contributed by atoms with van der Waals surface area (Å²) in [5.74, 6) is 0.871. The molecule has 22 heavy (non-hydrogen) atoms. The zero-order valence-corrected chi connectivity index (χ0v) is 13.2. The average Bonchev–Trinajstić information content (AvgIpc) is 3.11. The molecular formula is C16H12N4S2. The smallest absolute Gasteiger partial charge is 0.199 e. The first kappa shape index (κ1) is 13.4. The first-order chi connectivity index (χ1) is 10.8. The third-order valence-electron chi connectivity index (χ3n) is 3.40. The topological polar surface area (TPSA) is 46.5 Å². The number of nitrogens with zero attached hydrogens (tertiary/aromatic N) is 3. The van der Waals surface area contributed by atoms with Crippen LogP contribution >= 0.6 is 23.6 Å². The third-order valence-corrected chi connectivity index (χ3v) is 4.71. The molecule has 2 aromatic heterocycles. The van der Waals surface area contributed by atoms with Crippen molar-refractivity contribution in [1.29, 1.82) is 0 Å². The Labute approximate surface area is 136 Å². The maximum Gasteiger partial charge on any atom is 0.199 e. The fourth-order valence-electron chi connectivity index (χ4n) is 2.42. The van der Waals surface area contributed by atoms with E-state index in [0.29, 0.717) is 11.2 Å². The second-order valence-corrected chi connectivity index (χ2v) is 6.37. The highest BCUT2D eigenvalue weighted by Gasteiger charge is 2.11. The molecule has 0 aliphatic rings. The molecule has 0 unspecified atom stereocenters. The Morgan fingerprint density at radius 1 is 1.05 bits per heavy atom. The van der Waals surface area contributed by atoms with Crippen molar-refractivity contribution in [2.75, 3.05) is 0 Å². The molecule has 0 aliphatic heterocycles. The SMILES string of the molecule is S=c1[nH]nc(Cc2nc3ccccc3s2)n1-c1ccccc1. The molecule has 108 valence electrons. The van der Waals surface area contributed by atoms with E-state index in [2.05, 4.69) is 21.2 Å². The lowest BCUT2D eigenvalue weighted by atomic mass is 10.3. The molecule has 4 rings (SSSR count). The van der Waals surface area contributed by atoms with E-state index in [-0.39, 0.29) is 0 Å². The Morgan fingerprint density at radius 2 is 1.82 bits per heavy atom. The number of para-hydroxylation sites is 2. The molecule has 0 saturated carbocycles. The molecule has 0 atom stereocenters. The van der Waals surface area contributed by atoms with Crippen LogP contribution in [0.4, 0.5) is 0 Å². The zero-order valence-electron chi connectivity index (χ0n) is 11.6. The van der Waals surface area contributed by atoms with Crippen molar-refractivity contribution in [1.82, 2.24) is 19.7 Å². The van der Waals surface area contributed by atoms with Gasteiger partial charge in [0.25, 0.3) is 0 Å². The van der Waals surface area contributed by atoms with Crippen molar-refractivity contribution in [2.24, 2.45) is 0 Å². The highest BCUT2D eigenvalue weighted by atomic mass is 32.1. The lowest BCUT2D eigenvalue weighted by Gasteiger charge is -2.05. The average molecular weight is 324 g/mol. The van der Waals surface area contributed by atoms with Gasteiger partial charge in [-0.2, -0.15) is 5.10 Å². The minimum Gasteiger partial charge on any atom is -0.272 e. The van der Waals surface area contributed by atoms with Crippen LogP contribution < -0.4 is 0 Å². The van der Waals surface area contributed by atoms with E-state index in [1.54, 1.807) is 11.3 Å². The van der Waals surface area contributed by atoms with Crippen LogP contribution in [0.5, 0.6) is 0 Å². The molecule has 0 aliphatic carbocycles.